The highest BCUT2D eigenvalue weighted by atomic mass is 15.3. The zero-order chi connectivity index (χ0) is 12.3. The van der Waals surface area contributed by atoms with Gasteiger partial charge in [-0.3, -0.25) is 4.90 Å². The number of hydrogen-bond acceptors (Lipinski definition) is 3. The van der Waals surface area contributed by atoms with E-state index in [-0.39, 0.29) is 0 Å². The average molecular weight is 223 g/mol. The molecule has 0 aromatic carbocycles. The summed E-state index contributed by atoms with van der Waals surface area (Å²) in [5, 5.41) is 8.89. The Labute approximate surface area is 100 Å². The highest BCUT2D eigenvalue weighted by Gasteiger charge is 2.32. The fraction of sp³-hybridized carbons (Fsp3) is 0.923. The van der Waals surface area contributed by atoms with Gasteiger partial charge in [0.05, 0.1) is 12.5 Å². The highest BCUT2D eigenvalue weighted by molar-refractivity contribution is 4.91. The Kier molecular flexibility index (Phi) is 4.35. The van der Waals surface area contributed by atoms with Crippen molar-refractivity contribution in [3.63, 3.8) is 0 Å². The van der Waals surface area contributed by atoms with Crippen molar-refractivity contribution in [1.82, 2.24) is 9.80 Å². The molecule has 0 radical (unpaired) electrons. The summed E-state index contributed by atoms with van der Waals surface area (Å²) in [6, 6.07) is 3.26. The lowest BCUT2D eigenvalue weighted by molar-refractivity contribution is 0.164. The molecule has 0 N–H and O–H groups in total. The van der Waals surface area contributed by atoms with Crippen LogP contribution in [-0.4, -0.2) is 48.6 Å². The third-order valence-corrected chi connectivity index (χ3v) is 3.43. The first-order chi connectivity index (χ1) is 7.35. The summed E-state index contributed by atoms with van der Waals surface area (Å²) < 4.78 is 0. The number of nitriles is 1. The van der Waals surface area contributed by atoms with Crippen molar-refractivity contribution in [2.75, 3.05) is 26.7 Å². The monoisotopic (exact) mass is 223 g/mol. The van der Waals surface area contributed by atoms with Gasteiger partial charge in [0, 0.05) is 31.7 Å². The molecule has 1 atom stereocenters. The summed E-state index contributed by atoms with van der Waals surface area (Å²) in [5.74, 6) is 0. The van der Waals surface area contributed by atoms with Gasteiger partial charge in [-0.05, 0) is 26.3 Å². The molecule has 3 nitrogen and oxygen atoms in total. The summed E-state index contributed by atoms with van der Waals surface area (Å²) >= 11 is 0. The number of hydrogen-bond donors (Lipinski definition) is 0. The van der Waals surface area contributed by atoms with Gasteiger partial charge in [-0.1, -0.05) is 13.8 Å². The number of likely N-dealkylation sites (N-methyl/N-ethyl adjacent to an activating group) is 1. The highest BCUT2D eigenvalue weighted by Crippen LogP contribution is 2.25. The van der Waals surface area contributed by atoms with E-state index in [4.69, 9.17) is 5.26 Å². The topological polar surface area (TPSA) is 30.3 Å². The van der Waals surface area contributed by atoms with Crippen LogP contribution in [-0.2, 0) is 0 Å². The second-order valence-electron chi connectivity index (χ2n) is 6.12. The van der Waals surface area contributed by atoms with E-state index in [9.17, 15) is 0 Å². The summed E-state index contributed by atoms with van der Waals surface area (Å²) in [7, 11) is 2.15. The summed E-state index contributed by atoms with van der Waals surface area (Å²) in [5.41, 5.74) is 0.309. The molecule has 3 heteroatoms. The lowest BCUT2D eigenvalue weighted by Crippen LogP contribution is -2.41. The smallest absolute Gasteiger partial charge is 0.0638 e. The number of nitrogens with zero attached hydrogens (tertiary/aromatic N) is 3. The second kappa shape index (κ2) is 5.16. The van der Waals surface area contributed by atoms with Crippen LogP contribution >= 0.6 is 0 Å². The molecule has 1 heterocycles. The van der Waals surface area contributed by atoms with Crippen molar-refractivity contribution in [3.8, 4) is 6.07 Å². The van der Waals surface area contributed by atoms with Gasteiger partial charge in [-0.2, -0.15) is 5.26 Å². The van der Waals surface area contributed by atoms with Gasteiger partial charge in [0.25, 0.3) is 0 Å². The quantitative estimate of drug-likeness (QED) is 0.717. The molecule has 1 rings (SSSR count). The van der Waals surface area contributed by atoms with Crippen LogP contribution < -0.4 is 0 Å². The van der Waals surface area contributed by atoms with Crippen LogP contribution in [0.1, 0.15) is 34.1 Å². The van der Waals surface area contributed by atoms with Gasteiger partial charge in [0.1, 0.15) is 0 Å². The van der Waals surface area contributed by atoms with E-state index in [1.807, 2.05) is 0 Å². The van der Waals surface area contributed by atoms with Gasteiger partial charge in [-0.15, -0.1) is 0 Å². The van der Waals surface area contributed by atoms with Crippen molar-refractivity contribution in [1.29, 1.82) is 5.26 Å². The van der Waals surface area contributed by atoms with Crippen LogP contribution in [0.2, 0.25) is 0 Å². The average Bonchev–Trinajstić information content (AvgIpc) is 2.24. The fourth-order valence-electron chi connectivity index (χ4n) is 2.60. The van der Waals surface area contributed by atoms with E-state index < -0.39 is 0 Å². The second-order valence-corrected chi connectivity index (χ2v) is 6.12. The largest absolute Gasteiger partial charge is 0.301 e. The number of rotatable bonds is 2. The molecule has 0 spiro atoms. The van der Waals surface area contributed by atoms with E-state index in [2.05, 4.69) is 50.6 Å². The van der Waals surface area contributed by atoms with Gasteiger partial charge in [0.15, 0.2) is 0 Å². The summed E-state index contributed by atoms with van der Waals surface area (Å²) in [6.45, 7) is 12.3. The standard InChI is InChI=1S/C13H25N3/c1-11(2)16-8-12(6-7-14)15(5)9-13(3,4)10-16/h11-12H,6,8-10H2,1-5H3. The van der Waals surface area contributed by atoms with E-state index in [1.165, 1.54) is 0 Å². The van der Waals surface area contributed by atoms with E-state index >= 15 is 0 Å². The molecule has 1 saturated heterocycles. The van der Waals surface area contributed by atoms with Gasteiger partial charge in [-0.25, -0.2) is 0 Å². The lowest BCUT2D eigenvalue weighted by Gasteiger charge is -2.32. The first-order valence-corrected chi connectivity index (χ1v) is 6.17. The van der Waals surface area contributed by atoms with Crippen molar-refractivity contribution in [2.24, 2.45) is 5.41 Å². The van der Waals surface area contributed by atoms with Gasteiger partial charge in [0.2, 0.25) is 0 Å². The maximum atomic E-state index is 8.89. The Bertz CT molecular complexity index is 265. The molecule has 0 amide bonds. The maximum absolute atomic E-state index is 8.89. The molecular formula is C13H25N3. The molecule has 1 aliphatic heterocycles. The third kappa shape index (κ3) is 3.47. The van der Waals surface area contributed by atoms with Gasteiger partial charge >= 0.3 is 0 Å². The molecule has 0 saturated carbocycles. The zero-order valence-electron chi connectivity index (χ0n) is 11.3. The molecule has 1 fully saturated rings. The zero-order valence-corrected chi connectivity index (χ0v) is 11.3. The lowest BCUT2D eigenvalue weighted by atomic mass is 9.92. The first kappa shape index (κ1) is 13.5. The van der Waals surface area contributed by atoms with Crippen LogP contribution in [0.3, 0.4) is 0 Å². The normalized spacial score (nSPS) is 27.7. The Morgan fingerprint density at radius 1 is 1.38 bits per heavy atom. The molecular weight excluding hydrogens is 198 g/mol. The van der Waals surface area contributed by atoms with Crippen molar-refractivity contribution in [3.05, 3.63) is 0 Å². The Morgan fingerprint density at radius 3 is 2.50 bits per heavy atom. The van der Waals surface area contributed by atoms with Crippen LogP contribution in [0.5, 0.6) is 0 Å². The van der Waals surface area contributed by atoms with Crippen LogP contribution in [0.25, 0.3) is 0 Å². The minimum atomic E-state index is 0.309. The molecule has 0 aromatic heterocycles. The molecule has 1 aliphatic rings. The predicted molar refractivity (Wildman–Crippen MR) is 67.1 cm³/mol. The minimum Gasteiger partial charge on any atom is -0.301 e. The third-order valence-electron chi connectivity index (χ3n) is 3.43. The van der Waals surface area contributed by atoms with Crippen molar-refractivity contribution in [2.45, 2.75) is 46.2 Å². The van der Waals surface area contributed by atoms with E-state index in [0.29, 0.717) is 23.9 Å². The molecule has 1 unspecified atom stereocenters. The SMILES string of the molecule is CC(C)N1CC(CC#N)N(C)CC(C)(C)C1. The van der Waals surface area contributed by atoms with Crippen LogP contribution in [0.15, 0.2) is 0 Å². The van der Waals surface area contributed by atoms with Crippen LogP contribution in [0.4, 0.5) is 0 Å². The Morgan fingerprint density at radius 2 is 2.00 bits per heavy atom. The van der Waals surface area contributed by atoms with Crippen molar-refractivity contribution >= 4 is 0 Å². The van der Waals surface area contributed by atoms with E-state index in [0.717, 1.165) is 19.6 Å². The maximum Gasteiger partial charge on any atom is 0.0638 e. The molecule has 0 bridgehead atoms. The Hall–Kier alpha value is -0.590. The van der Waals surface area contributed by atoms with Crippen LogP contribution in [0, 0.1) is 16.7 Å². The predicted octanol–water partition coefficient (Wildman–Crippen LogP) is 1.95. The van der Waals surface area contributed by atoms with Gasteiger partial charge < -0.3 is 4.90 Å². The molecule has 0 aliphatic carbocycles. The fourth-order valence-corrected chi connectivity index (χ4v) is 2.60. The molecule has 92 valence electrons. The Balaban J connectivity index is 2.81. The molecule has 16 heavy (non-hydrogen) atoms. The summed E-state index contributed by atoms with van der Waals surface area (Å²) in [4.78, 5) is 4.86. The molecule has 0 aromatic rings. The first-order valence-electron chi connectivity index (χ1n) is 6.17. The minimum absolute atomic E-state index is 0.309. The summed E-state index contributed by atoms with van der Waals surface area (Å²) in [6.07, 6.45) is 0.635. The van der Waals surface area contributed by atoms with E-state index in [1.54, 1.807) is 0 Å². The van der Waals surface area contributed by atoms with Crippen molar-refractivity contribution < 1.29 is 0 Å².